The Kier molecular flexibility index (Phi) is 2.59. The van der Waals surface area contributed by atoms with Crippen LogP contribution in [-0.2, 0) is 6.42 Å². The number of hydrogen-bond acceptors (Lipinski definition) is 2. The molecule has 0 bridgehead atoms. The van der Waals surface area contributed by atoms with Gasteiger partial charge in [0.05, 0.1) is 12.2 Å². The molecule has 0 saturated carbocycles. The molecule has 3 heteroatoms. The summed E-state index contributed by atoms with van der Waals surface area (Å²) in [7, 11) is 0. The molecule has 0 fully saturated rings. The Hall–Kier alpha value is -2.16. The molecule has 90 valence electrons. The molecule has 18 heavy (non-hydrogen) atoms. The van der Waals surface area contributed by atoms with E-state index in [2.05, 4.69) is 0 Å². The van der Waals surface area contributed by atoms with Gasteiger partial charge in [0.25, 0.3) is 0 Å². The van der Waals surface area contributed by atoms with Crippen molar-refractivity contribution in [2.24, 2.45) is 0 Å². The summed E-state index contributed by atoms with van der Waals surface area (Å²) in [4.78, 5) is 10.7. The molecule has 2 aromatic carbocycles. The summed E-state index contributed by atoms with van der Waals surface area (Å²) in [5.74, 6) is 0.426. The van der Waals surface area contributed by atoms with Crippen LogP contribution < -0.4 is 4.74 Å². The third-order valence-electron chi connectivity index (χ3n) is 3.15. The fraction of sp³-hybridized carbons (Fsp3) is 0.133. The van der Waals surface area contributed by atoms with Gasteiger partial charge in [-0.25, -0.2) is 4.39 Å². The Bertz CT molecular complexity index is 620. The summed E-state index contributed by atoms with van der Waals surface area (Å²) in [6.45, 7) is 0.710. The molecule has 0 spiro atoms. The lowest BCUT2D eigenvalue weighted by molar-refractivity contribution is 0.112. The molecule has 0 atom stereocenters. The molecule has 1 aliphatic rings. The fourth-order valence-corrected chi connectivity index (χ4v) is 2.18. The molecular formula is C15H11FO2. The van der Waals surface area contributed by atoms with Crippen molar-refractivity contribution in [1.29, 1.82) is 0 Å². The van der Waals surface area contributed by atoms with Crippen molar-refractivity contribution < 1.29 is 13.9 Å². The smallest absolute Gasteiger partial charge is 0.153 e. The first-order chi connectivity index (χ1) is 8.78. The van der Waals surface area contributed by atoms with Crippen LogP contribution in [0.4, 0.5) is 4.39 Å². The second-order valence-corrected chi connectivity index (χ2v) is 4.28. The molecule has 1 heterocycles. The highest BCUT2D eigenvalue weighted by atomic mass is 19.1. The number of fused-ring (bicyclic) bond motifs is 1. The van der Waals surface area contributed by atoms with E-state index in [0.717, 1.165) is 28.9 Å². The lowest BCUT2D eigenvalue weighted by atomic mass is 10.0. The predicted molar refractivity (Wildman–Crippen MR) is 66.4 cm³/mol. The lowest BCUT2D eigenvalue weighted by Crippen LogP contribution is -1.89. The van der Waals surface area contributed by atoms with Crippen LogP contribution in [0, 0.1) is 5.82 Å². The highest BCUT2D eigenvalue weighted by molar-refractivity contribution is 5.79. The van der Waals surface area contributed by atoms with Gasteiger partial charge >= 0.3 is 0 Å². The summed E-state index contributed by atoms with van der Waals surface area (Å²) in [6.07, 6.45) is 1.43. The Morgan fingerprint density at radius 2 is 1.89 bits per heavy atom. The van der Waals surface area contributed by atoms with Crippen LogP contribution >= 0.6 is 0 Å². The van der Waals surface area contributed by atoms with Gasteiger partial charge in [-0.15, -0.1) is 0 Å². The summed E-state index contributed by atoms with van der Waals surface area (Å²) in [6, 6.07) is 10.4. The van der Waals surface area contributed by atoms with Crippen LogP contribution in [0.25, 0.3) is 11.1 Å². The van der Waals surface area contributed by atoms with Crippen molar-refractivity contribution in [2.45, 2.75) is 6.42 Å². The number of benzene rings is 2. The Morgan fingerprint density at radius 3 is 2.72 bits per heavy atom. The van der Waals surface area contributed by atoms with E-state index in [-0.39, 0.29) is 5.56 Å². The standard InChI is InChI=1S/C15H11FO2/c16-14-3-1-10(8-13(14)9-17)11-2-4-15-12(7-11)5-6-18-15/h1-4,7-9H,5-6H2. The number of aldehydes is 1. The second kappa shape index (κ2) is 4.26. The average molecular weight is 242 g/mol. The van der Waals surface area contributed by atoms with Crippen LogP contribution in [0.15, 0.2) is 36.4 Å². The molecule has 2 aromatic rings. The van der Waals surface area contributed by atoms with Gasteiger partial charge in [0, 0.05) is 6.42 Å². The molecule has 2 nitrogen and oxygen atoms in total. The maximum atomic E-state index is 13.3. The summed E-state index contributed by atoms with van der Waals surface area (Å²) in [5, 5.41) is 0. The molecule has 0 radical (unpaired) electrons. The molecule has 0 amide bonds. The molecule has 0 aromatic heterocycles. The van der Waals surface area contributed by atoms with Crippen molar-refractivity contribution in [3.05, 3.63) is 53.3 Å². The number of rotatable bonds is 2. The van der Waals surface area contributed by atoms with E-state index >= 15 is 0 Å². The number of ether oxygens (including phenoxy) is 1. The molecule has 0 unspecified atom stereocenters. The molecule has 0 aliphatic carbocycles. The third kappa shape index (κ3) is 1.78. The van der Waals surface area contributed by atoms with Crippen LogP contribution in [0.5, 0.6) is 5.75 Å². The molecule has 0 saturated heterocycles. The minimum atomic E-state index is -0.488. The van der Waals surface area contributed by atoms with Gasteiger partial charge in [0.2, 0.25) is 0 Å². The van der Waals surface area contributed by atoms with Crippen molar-refractivity contribution in [3.63, 3.8) is 0 Å². The molecular weight excluding hydrogens is 231 g/mol. The lowest BCUT2D eigenvalue weighted by Gasteiger charge is -2.05. The zero-order valence-electron chi connectivity index (χ0n) is 9.65. The number of hydrogen-bond donors (Lipinski definition) is 0. The van der Waals surface area contributed by atoms with Crippen molar-refractivity contribution in [2.75, 3.05) is 6.61 Å². The minimum absolute atomic E-state index is 0.0873. The highest BCUT2D eigenvalue weighted by Crippen LogP contribution is 2.30. The molecule has 3 rings (SSSR count). The van der Waals surface area contributed by atoms with E-state index in [4.69, 9.17) is 4.74 Å². The largest absolute Gasteiger partial charge is 0.493 e. The topological polar surface area (TPSA) is 26.3 Å². The Labute approximate surface area is 104 Å². The molecule has 1 aliphatic heterocycles. The first-order valence-corrected chi connectivity index (χ1v) is 5.79. The Balaban J connectivity index is 2.07. The van der Waals surface area contributed by atoms with Crippen LogP contribution in [0.3, 0.4) is 0 Å². The van der Waals surface area contributed by atoms with E-state index in [1.165, 1.54) is 6.07 Å². The normalized spacial score (nSPS) is 12.9. The van der Waals surface area contributed by atoms with Crippen LogP contribution in [0.1, 0.15) is 15.9 Å². The van der Waals surface area contributed by atoms with Crippen LogP contribution in [-0.4, -0.2) is 12.9 Å². The monoisotopic (exact) mass is 242 g/mol. The quantitative estimate of drug-likeness (QED) is 0.756. The van der Waals surface area contributed by atoms with Gasteiger partial charge in [0.15, 0.2) is 6.29 Å². The van der Waals surface area contributed by atoms with Gasteiger partial charge in [-0.3, -0.25) is 4.79 Å². The second-order valence-electron chi connectivity index (χ2n) is 4.28. The zero-order chi connectivity index (χ0) is 12.5. The number of halogens is 1. The maximum absolute atomic E-state index is 13.3. The van der Waals surface area contributed by atoms with E-state index in [0.29, 0.717) is 12.9 Å². The third-order valence-corrected chi connectivity index (χ3v) is 3.15. The van der Waals surface area contributed by atoms with Gasteiger partial charge in [-0.1, -0.05) is 12.1 Å². The van der Waals surface area contributed by atoms with E-state index in [9.17, 15) is 9.18 Å². The average Bonchev–Trinajstić information content (AvgIpc) is 2.86. The van der Waals surface area contributed by atoms with E-state index in [1.54, 1.807) is 12.1 Å². The number of carbonyl (C=O) groups is 1. The van der Waals surface area contributed by atoms with Gasteiger partial charge in [-0.05, 0) is 41.0 Å². The van der Waals surface area contributed by atoms with Gasteiger partial charge in [-0.2, -0.15) is 0 Å². The maximum Gasteiger partial charge on any atom is 0.153 e. The minimum Gasteiger partial charge on any atom is -0.493 e. The van der Waals surface area contributed by atoms with E-state index < -0.39 is 5.82 Å². The fourth-order valence-electron chi connectivity index (χ4n) is 2.18. The first kappa shape index (κ1) is 11.0. The van der Waals surface area contributed by atoms with Gasteiger partial charge in [0.1, 0.15) is 11.6 Å². The van der Waals surface area contributed by atoms with Crippen molar-refractivity contribution in [1.82, 2.24) is 0 Å². The first-order valence-electron chi connectivity index (χ1n) is 5.79. The summed E-state index contributed by atoms with van der Waals surface area (Å²) < 4.78 is 18.7. The Morgan fingerprint density at radius 1 is 1.11 bits per heavy atom. The SMILES string of the molecule is O=Cc1cc(-c2ccc3c(c2)CCO3)ccc1F. The summed E-state index contributed by atoms with van der Waals surface area (Å²) >= 11 is 0. The predicted octanol–water partition coefficient (Wildman–Crippen LogP) is 3.24. The number of carbonyl (C=O) groups excluding carboxylic acids is 1. The van der Waals surface area contributed by atoms with Gasteiger partial charge < -0.3 is 4.74 Å². The highest BCUT2D eigenvalue weighted by Gasteiger charge is 2.13. The van der Waals surface area contributed by atoms with Crippen LogP contribution in [0.2, 0.25) is 0 Å². The van der Waals surface area contributed by atoms with E-state index in [1.807, 2.05) is 18.2 Å². The summed E-state index contributed by atoms with van der Waals surface area (Å²) in [5.41, 5.74) is 3.06. The van der Waals surface area contributed by atoms with Crippen molar-refractivity contribution in [3.8, 4) is 16.9 Å². The van der Waals surface area contributed by atoms with Crippen molar-refractivity contribution >= 4 is 6.29 Å². The molecule has 0 N–H and O–H groups in total. The zero-order valence-corrected chi connectivity index (χ0v) is 9.65.